The number of aryl methyl sites for hydroxylation is 2. The van der Waals surface area contributed by atoms with Gasteiger partial charge in [0, 0.05) is 0 Å². The quantitative estimate of drug-likeness (QED) is 0.473. The normalized spacial score (nSPS) is 12.7. The van der Waals surface area contributed by atoms with Gasteiger partial charge in [0.15, 0.2) is 0 Å². The van der Waals surface area contributed by atoms with Crippen molar-refractivity contribution in [2.45, 2.75) is 26.7 Å². The van der Waals surface area contributed by atoms with Crippen molar-refractivity contribution in [1.29, 1.82) is 0 Å². The maximum absolute atomic E-state index is 2.31. The predicted molar refractivity (Wildman–Crippen MR) is 60.4 cm³/mol. The van der Waals surface area contributed by atoms with Gasteiger partial charge in [-0.1, -0.05) is 0 Å². The molecule has 0 fully saturated rings. The Balaban J connectivity index is 0. The minimum Gasteiger partial charge on any atom is -1.00 e. The number of hydrogen-bond donors (Lipinski definition) is 0. The minimum absolute atomic E-state index is 0. The predicted octanol–water partition coefficient (Wildman–Crippen LogP) is -5.38. The standard InChI is InChI=1S/C14H15.3ClH.Ti/c1-11-7-8-14(9-12(11)2)10-13-5-3-4-6-13;;;;/h3,5,7-9H,4,10H2,1-2H3;3*1H;/q;;;;+3/p-3. The zero-order valence-corrected chi connectivity index (χ0v) is 14.3. The molecule has 0 unspecified atom stereocenters. The van der Waals surface area contributed by atoms with Gasteiger partial charge in [0.1, 0.15) is 0 Å². The van der Waals surface area contributed by atoms with Crippen molar-refractivity contribution in [3.05, 3.63) is 56.5 Å². The molecule has 0 N–H and O–H groups in total. The number of allylic oxidation sites excluding steroid dienone is 4. The van der Waals surface area contributed by atoms with E-state index in [0.29, 0.717) is 0 Å². The third-order valence-corrected chi connectivity index (χ3v) is 3.81. The van der Waals surface area contributed by atoms with Crippen LogP contribution in [0.15, 0.2) is 39.8 Å². The van der Waals surface area contributed by atoms with Crippen molar-refractivity contribution in [3.8, 4) is 0 Å². The van der Waals surface area contributed by atoms with Gasteiger partial charge in [0.25, 0.3) is 0 Å². The van der Waals surface area contributed by atoms with Gasteiger partial charge in [-0.2, -0.15) is 0 Å². The summed E-state index contributed by atoms with van der Waals surface area (Å²) in [5.74, 6) is 0. The third-order valence-electron chi connectivity index (χ3n) is 2.99. The molecule has 0 saturated heterocycles. The molecule has 0 radical (unpaired) electrons. The van der Waals surface area contributed by atoms with Crippen LogP contribution in [0.25, 0.3) is 0 Å². The summed E-state index contributed by atoms with van der Waals surface area (Å²) in [6, 6.07) is 6.77. The second kappa shape index (κ2) is 9.23. The first-order valence-corrected chi connectivity index (χ1v) is 6.11. The fraction of sp³-hybridized carbons (Fsp3) is 0.286. The van der Waals surface area contributed by atoms with Crippen LogP contribution in [0.5, 0.6) is 0 Å². The smallest absolute Gasteiger partial charge is 1.00 e. The fourth-order valence-corrected chi connectivity index (χ4v) is 2.30. The van der Waals surface area contributed by atoms with Crippen LogP contribution in [0.1, 0.15) is 23.1 Å². The maximum Gasteiger partial charge on any atom is -1.00 e. The van der Waals surface area contributed by atoms with Crippen molar-refractivity contribution in [2.24, 2.45) is 0 Å². The monoisotopic (exact) mass is 336 g/mol. The largest absolute Gasteiger partial charge is 1.00 e. The van der Waals surface area contributed by atoms with Crippen molar-refractivity contribution in [2.75, 3.05) is 0 Å². The van der Waals surface area contributed by atoms with Crippen molar-refractivity contribution >= 4 is 0 Å². The van der Waals surface area contributed by atoms with Crippen LogP contribution < -0.4 is 37.2 Å². The molecule has 1 aliphatic rings. The number of hydrogen-bond acceptors (Lipinski definition) is 0. The van der Waals surface area contributed by atoms with Gasteiger partial charge < -0.3 is 37.2 Å². The van der Waals surface area contributed by atoms with Gasteiger partial charge in [0.2, 0.25) is 0 Å². The molecule has 2 rings (SSSR count). The van der Waals surface area contributed by atoms with Gasteiger partial charge in [-0.15, -0.1) is 0 Å². The average Bonchev–Trinajstić information content (AvgIpc) is 2.59. The molecule has 0 amide bonds. The summed E-state index contributed by atoms with van der Waals surface area (Å²) in [5.41, 5.74) is 5.70. The Morgan fingerprint density at radius 2 is 1.72 bits per heavy atom. The van der Waals surface area contributed by atoms with Gasteiger partial charge in [-0.05, 0) is 0 Å². The number of benzene rings is 1. The Hall–Kier alpha value is 0.284. The van der Waals surface area contributed by atoms with Gasteiger partial charge in [-0.25, -0.2) is 0 Å². The molecule has 96 valence electrons. The van der Waals surface area contributed by atoms with Crippen LogP contribution in [0.4, 0.5) is 0 Å². The van der Waals surface area contributed by atoms with E-state index in [2.05, 4.69) is 64.6 Å². The number of halogens is 3. The van der Waals surface area contributed by atoms with Crippen LogP contribution in [-0.4, -0.2) is 0 Å². The van der Waals surface area contributed by atoms with E-state index in [9.17, 15) is 0 Å². The Labute approximate surface area is 140 Å². The molecular formula is C14H15Cl3Ti. The molecule has 0 saturated carbocycles. The van der Waals surface area contributed by atoms with E-state index >= 15 is 0 Å². The van der Waals surface area contributed by atoms with E-state index in [1.54, 1.807) is 0 Å². The minimum atomic E-state index is 0. The number of rotatable bonds is 2. The Morgan fingerprint density at radius 3 is 2.22 bits per heavy atom. The molecule has 0 heterocycles. The SMILES string of the molecule is Cc1ccc(CC2=[C]([Ti+3])CC=C2)cc1C.[Cl-].[Cl-].[Cl-]. The van der Waals surface area contributed by atoms with Crippen LogP contribution in [0, 0.1) is 13.8 Å². The first kappa shape index (κ1) is 20.6. The Morgan fingerprint density at radius 1 is 1.06 bits per heavy atom. The summed E-state index contributed by atoms with van der Waals surface area (Å²) < 4.78 is 1.52. The van der Waals surface area contributed by atoms with Crippen LogP contribution in [-0.2, 0) is 26.9 Å². The molecule has 0 spiro atoms. The van der Waals surface area contributed by atoms with Gasteiger partial charge in [-0.3, -0.25) is 0 Å². The van der Waals surface area contributed by atoms with E-state index in [-0.39, 0.29) is 37.2 Å². The maximum atomic E-state index is 2.31. The molecule has 1 aromatic carbocycles. The summed E-state index contributed by atoms with van der Waals surface area (Å²) in [6.45, 7) is 4.35. The molecule has 18 heavy (non-hydrogen) atoms. The summed E-state index contributed by atoms with van der Waals surface area (Å²) in [4.78, 5) is 0. The van der Waals surface area contributed by atoms with Crippen LogP contribution in [0.2, 0.25) is 0 Å². The molecule has 0 aromatic heterocycles. The molecule has 0 bridgehead atoms. The van der Waals surface area contributed by atoms with Crippen molar-refractivity contribution in [1.82, 2.24) is 0 Å². The zero-order chi connectivity index (χ0) is 10.8. The van der Waals surface area contributed by atoms with Crippen molar-refractivity contribution in [3.63, 3.8) is 0 Å². The molecule has 0 aliphatic heterocycles. The van der Waals surface area contributed by atoms with E-state index in [0.717, 1.165) is 12.8 Å². The van der Waals surface area contributed by atoms with Crippen LogP contribution in [0.3, 0.4) is 0 Å². The zero-order valence-electron chi connectivity index (χ0n) is 10.4. The summed E-state index contributed by atoms with van der Waals surface area (Å²) in [5, 5.41) is 0. The van der Waals surface area contributed by atoms with E-state index in [1.165, 1.54) is 26.1 Å². The molecule has 4 heteroatoms. The topological polar surface area (TPSA) is 0 Å². The second-order valence-electron chi connectivity index (χ2n) is 4.21. The third kappa shape index (κ3) is 5.11. The molecule has 0 atom stereocenters. The second-order valence-corrected chi connectivity index (χ2v) is 5.15. The first-order valence-electron chi connectivity index (χ1n) is 5.33. The summed E-state index contributed by atoms with van der Waals surface area (Å²) >= 11 is 2.23. The van der Waals surface area contributed by atoms with Crippen molar-refractivity contribution < 1.29 is 57.7 Å². The van der Waals surface area contributed by atoms with E-state index in [1.807, 2.05) is 0 Å². The van der Waals surface area contributed by atoms with Gasteiger partial charge >= 0.3 is 104 Å². The fourth-order valence-electron chi connectivity index (χ4n) is 1.85. The molecule has 1 aromatic rings. The van der Waals surface area contributed by atoms with E-state index < -0.39 is 0 Å². The van der Waals surface area contributed by atoms with Gasteiger partial charge in [0.05, 0.1) is 0 Å². The Kier molecular flexibility index (Phi) is 10.6. The first-order chi connectivity index (χ1) is 7.16. The summed E-state index contributed by atoms with van der Waals surface area (Å²) in [6.07, 6.45) is 6.75. The molecular weight excluding hydrogens is 322 g/mol. The van der Waals surface area contributed by atoms with Crippen LogP contribution >= 0.6 is 0 Å². The van der Waals surface area contributed by atoms with E-state index in [4.69, 9.17) is 0 Å². The molecule has 0 nitrogen and oxygen atoms in total. The summed E-state index contributed by atoms with van der Waals surface area (Å²) in [7, 11) is 0. The molecule has 1 aliphatic carbocycles. The average molecular weight is 338 g/mol. The Bertz CT molecular complexity index is 450.